The van der Waals surface area contributed by atoms with Crippen molar-refractivity contribution < 1.29 is 13.5 Å². The average Bonchev–Trinajstić information content (AvgIpc) is 3.51. The molecule has 1 saturated carbocycles. The predicted molar refractivity (Wildman–Crippen MR) is 109 cm³/mol. The summed E-state index contributed by atoms with van der Waals surface area (Å²) < 4.78 is 36.2. The highest BCUT2D eigenvalue weighted by Crippen LogP contribution is 2.38. The largest absolute Gasteiger partial charge is 0.495 e. The minimum Gasteiger partial charge on any atom is -0.495 e. The maximum absolute atomic E-state index is 14.7. The van der Waals surface area contributed by atoms with Crippen LogP contribution >= 0.6 is 0 Å². The van der Waals surface area contributed by atoms with Crippen LogP contribution in [0.4, 0.5) is 14.6 Å². The molecule has 30 heavy (non-hydrogen) atoms. The van der Waals surface area contributed by atoms with Gasteiger partial charge in [0.25, 0.3) is 0 Å². The topological polar surface area (TPSA) is 76.4 Å². The first-order chi connectivity index (χ1) is 14.6. The van der Waals surface area contributed by atoms with E-state index in [4.69, 9.17) is 9.84 Å². The number of imidazole rings is 1. The first-order valence-electron chi connectivity index (χ1n) is 10.4. The second kappa shape index (κ2) is 7.79. The Kier molecular flexibility index (Phi) is 4.98. The minimum atomic E-state index is -0.746. The molecular formula is C21H24F2N6O. The van der Waals surface area contributed by atoms with Crippen LogP contribution in [-0.2, 0) is 0 Å². The molecule has 5 rings (SSSR count). The highest BCUT2D eigenvalue weighted by molar-refractivity contribution is 5.63. The Labute approximate surface area is 172 Å². The summed E-state index contributed by atoms with van der Waals surface area (Å²) in [5.74, 6) is -0.421. The monoisotopic (exact) mass is 414 g/mol. The quantitative estimate of drug-likeness (QED) is 0.666. The molecule has 1 atom stereocenters. The van der Waals surface area contributed by atoms with Gasteiger partial charge in [-0.25, -0.2) is 23.3 Å². The summed E-state index contributed by atoms with van der Waals surface area (Å²) in [6.45, 7) is 1.58. The van der Waals surface area contributed by atoms with Crippen LogP contribution in [0.2, 0.25) is 0 Å². The summed E-state index contributed by atoms with van der Waals surface area (Å²) in [6.07, 6.45) is 6.78. The lowest BCUT2D eigenvalue weighted by Gasteiger charge is -2.15. The van der Waals surface area contributed by atoms with E-state index >= 15 is 0 Å². The number of anilines is 1. The molecule has 1 saturated heterocycles. The van der Waals surface area contributed by atoms with Gasteiger partial charge in [-0.15, -0.1) is 0 Å². The van der Waals surface area contributed by atoms with Crippen molar-refractivity contribution in [3.05, 3.63) is 35.7 Å². The third kappa shape index (κ3) is 3.36. The maximum atomic E-state index is 14.7. The van der Waals surface area contributed by atoms with E-state index in [9.17, 15) is 8.78 Å². The molecule has 7 nitrogen and oxygen atoms in total. The molecule has 0 spiro atoms. The van der Waals surface area contributed by atoms with Gasteiger partial charge in [-0.2, -0.15) is 5.10 Å². The maximum Gasteiger partial charge on any atom is 0.168 e. The molecule has 1 aliphatic heterocycles. The van der Waals surface area contributed by atoms with Crippen LogP contribution in [0.1, 0.15) is 43.7 Å². The fraction of sp³-hybridized carbons (Fsp3) is 0.476. The highest BCUT2D eigenvalue weighted by Gasteiger charge is 2.25. The van der Waals surface area contributed by atoms with E-state index in [0.29, 0.717) is 23.0 Å². The number of rotatable bonds is 5. The molecule has 158 valence electrons. The van der Waals surface area contributed by atoms with Crippen LogP contribution < -0.4 is 15.4 Å². The van der Waals surface area contributed by atoms with Crippen molar-refractivity contribution in [2.45, 2.75) is 44.1 Å². The van der Waals surface area contributed by atoms with Crippen molar-refractivity contribution >= 4 is 11.5 Å². The van der Waals surface area contributed by atoms with Gasteiger partial charge >= 0.3 is 0 Å². The molecule has 1 unspecified atom stereocenters. The van der Waals surface area contributed by atoms with Gasteiger partial charge in [0, 0.05) is 30.6 Å². The first-order valence-corrected chi connectivity index (χ1v) is 10.4. The molecule has 0 aromatic carbocycles. The van der Waals surface area contributed by atoms with Gasteiger partial charge in [-0.05, 0) is 25.8 Å². The number of ether oxygens (including phenoxy) is 1. The molecule has 1 aliphatic carbocycles. The minimum absolute atomic E-state index is 0.0207. The van der Waals surface area contributed by atoms with E-state index in [1.807, 2.05) is 6.07 Å². The normalized spacial score (nSPS) is 19.6. The average molecular weight is 414 g/mol. The molecule has 0 radical (unpaired) electrons. The SMILES string of the molecule is COc1cc2ncc(-c3nc(NC4CCNC4)c(F)cc3F)n2nc1C1CCCC1. The van der Waals surface area contributed by atoms with E-state index < -0.39 is 11.6 Å². The van der Waals surface area contributed by atoms with Gasteiger partial charge in [0.2, 0.25) is 0 Å². The molecule has 4 heterocycles. The molecule has 3 aromatic rings. The summed E-state index contributed by atoms with van der Waals surface area (Å²) in [5.41, 5.74) is 1.78. The highest BCUT2D eigenvalue weighted by atomic mass is 19.1. The Bertz CT molecular complexity index is 1070. The molecule has 0 bridgehead atoms. The summed E-state index contributed by atoms with van der Waals surface area (Å²) >= 11 is 0. The van der Waals surface area contributed by atoms with Gasteiger partial charge in [0.15, 0.2) is 23.1 Å². The third-order valence-corrected chi connectivity index (χ3v) is 6.02. The van der Waals surface area contributed by atoms with Crippen molar-refractivity contribution in [2.24, 2.45) is 0 Å². The van der Waals surface area contributed by atoms with Crippen LogP contribution in [-0.4, -0.2) is 45.8 Å². The Balaban J connectivity index is 1.59. The Hall–Kier alpha value is -2.81. The van der Waals surface area contributed by atoms with E-state index in [1.165, 1.54) is 6.20 Å². The molecule has 2 aliphatic rings. The zero-order chi connectivity index (χ0) is 20.7. The van der Waals surface area contributed by atoms with Gasteiger partial charge in [0.1, 0.15) is 22.8 Å². The van der Waals surface area contributed by atoms with Gasteiger partial charge in [0.05, 0.1) is 13.3 Å². The van der Waals surface area contributed by atoms with Crippen molar-refractivity contribution in [3.63, 3.8) is 0 Å². The van der Waals surface area contributed by atoms with Gasteiger partial charge < -0.3 is 15.4 Å². The third-order valence-electron chi connectivity index (χ3n) is 6.02. The number of nitrogens with zero attached hydrogens (tertiary/aromatic N) is 4. The van der Waals surface area contributed by atoms with Crippen LogP contribution in [0, 0.1) is 11.6 Å². The molecule has 0 amide bonds. The predicted octanol–water partition coefficient (Wildman–Crippen LogP) is 3.51. The zero-order valence-electron chi connectivity index (χ0n) is 16.8. The molecule has 3 aromatic heterocycles. The van der Waals surface area contributed by atoms with E-state index in [-0.39, 0.29) is 17.6 Å². The second-order valence-electron chi connectivity index (χ2n) is 7.98. The lowest BCUT2D eigenvalue weighted by molar-refractivity contribution is 0.399. The second-order valence-corrected chi connectivity index (χ2v) is 7.98. The molecule has 9 heteroatoms. The number of hydrogen-bond acceptors (Lipinski definition) is 6. The Morgan fingerprint density at radius 2 is 2.00 bits per heavy atom. The number of pyridine rings is 1. The van der Waals surface area contributed by atoms with Crippen molar-refractivity contribution in [1.29, 1.82) is 0 Å². The fourth-order valence-electron chi connectivity index (χ4n) is 4.44. The standard InChI is InChI=1S/C21H24F2N6O/c1-30-17-9-18-25-11-16(29(18)28-19(17)12-4-2-3-5-12)20-14(22)8-15(23)21(27-20)26-13-6-7-24-10-13/h8-9,11-13,24H,2-7,10H2,1H3,(H,26,27). The molecule has 2 N–H and O–H groups in total. The number of aromatic nitrogens is 4. The number of fused-ring (bicyclic) bond motifs is 1. The first kappa shape index (κ1) is 19.2. The Morgan fingerprint density at radius 3 is 2.73 bits per heavy atom. The number of methoxy groups -OCH3 is 1. The Morgan fingerprint density at radius 1 is 1.17 bits per heavy atom. The number of hydrogen-bond donors (Lipinski definition) is 2. The lowest BCUT2D eigenvalue weighted by Crippen LogP contribution is -2.23. The fourth-order valence-corrected chi connectivity index (χ4v) is 4.44. The summed E-state index contributed by atoms with van der Waals surface area (Å²) in [5, 5.41) is 11.0. The van der Waals surface area contributed by atoms with Gasteiger partial charge in [-0.1, -0.05) is 12.8 Å². The van der Waals surface area contributed by atoms with Gasteiger partial charge in [-0.3, -0.25) is 0 Å². The van der Waals surface area contributed by atoms with E-state index in [1.54, 1.807) is 11.6 Å². The number of halogens is 2. The summed E-state index contributed by atoms with van der Waals surface area (Å²) in [7, 11) is 1.62. The van der Waals surface area contributed by atoms with Crippen LogP contribution in [0.5, 0.6) is 5.75 Å². The van der Waals surface area contributed by atoms with E-state index in [0.717, 1.165) is 57.0 Å². The molecular weight excluding hydrogens is 390 g/mol. The van der Waals surface area contributed by atoms with Crippen molar-refractivity contribution in [3.8, 4) is 17.1 Å². The van der Waals surface area contributed by atoms with Crippen molar-refractivity contribution in [2.75, 3.05) is 25.5 Å². The van der Waals surface area contributed by atoms with Crippen molar-refractivity contribution in [1.82, 2.24) is 24.9 Å². The lowest BCUT2D eigenvalue weighted by atomic mass is 10.0. The van der Waals surface area contributed by atoms with E-state index in [2.05, 4.69) is 20.6 Å². The summed E-state index contributed by atoms with van der Waals surface area (Å²) in [6, 6.07) is 2.74. The van der Waals surface area contributed by atoms with Crippen LogP contribution in [0.3, 0.4) is 0 Å². The molecule has 2 fully saturated rings. The van der Waals surface area contributed by atoms with Crippen LogP contribution in [0.15, 0.2) is 18.3 Å². The smallest absolute Gasteiger partial charge is 0.168 e. The zero-order valence-corrected chi connectivity index (χ0v) is 16.8. The van der Waals surface area contributed by atoms with Crippen LogP contribution in [0.25, 0.3) is 17.0 Å². The summed E-state index contributed by atoms with van der Waals surface area (Å²) in [4.78, 5) is 8.63. The number of nitrogens with one attached hydrogen (secondary N) is 2.